The molecule has 28 heavy (non-hydrogen) atoms. The van der Waals surface area contributed by atoms with Gasteiger partial charge in [0.1, 0.15) is 12.4 Å². The second-order valence-electron chi connectivity index (χ2n) is 6.60. The van der Waals surface area contributed by atoms with Crippen LogP contribution in [0.5, 0.6) is 5.75 Å². The molecule has 0 aliphatic carbocycles. The molecule has 0 unspecified atom stereocenters. The molecule has 1 aliphatic rings. The Bertz CT molecular complexity index is 596. The maximum atomic E-state index is 13.1. The van der Waals surface area contributed by atoms with Crippen LogP contribution in [-0.2, 0) is 9.47 Å². The van der Waals surface area contributed by atoms with Crippen molar-refractivity contribution in [2.45, 2.75) is 26.2 Å². The molecule has 2 N–H and O–H groups in total. The third-order valence-electron chi connectivity index (χ3n) is 4.31. The lowest BCUT2D eigenvalue weighted by molar-refractivity contribution is 0.0205. The van der Waals surface area contributed by atoms with Crippen LogP contribution in [-0.4, -0.2) is 58.6 Å². The van der Waals surface area contributed by atoms with E-state index >= 15 is 0 Å². The first-order valence-corrected chi connectivity index (χ1v) is 9.94. The fraction of sp³-hybridized carbons (Fsp3) is 0.650. The molecule has 0 saturated carbocycles. The van der Waals surface area contributed by atoms with E-state index in [1.807, 2.05) is 6.92 Å². The zero-order valence-electron chi connectivity index (χ0n) is 16.5. The summed E-state index contributed by atoms with van der Waals surface area (Å²) in [5, 5.41) is 6.31. The number of benzene rings is 1. The molecule has 6 nitrogen and oxygen atoms in total. The van der Waals surface area contributed by atoms with Crippen molar-refractivity contribution in [3.05, 3.63) is 29.8 Å². The zero-order chi connectivity index (χ0) is 20.0. The zero-order valence-corrected chi connectivity index (χ0v) is 16.5. The predicted molar refractivity (Wildman–Crippen MR) is 105 cm³/mol. The molecule has 1 heterocycles. The average Bonchev–Trinajstić information content (AvgIpc) is 2.71. The van der Waals surface area contributed by atoms with Crippen molar-refractivity contribution in [3.63, 3.8) is 0 Å². The van der Waals surface area contributed by atoms with Crippen LogP contribution in [0.3, 0.4) is 0 Å². The first-order valence-electron chi connectivity index (χ1n) is 9.94. The Hall–Kier alpha value is -1.93. The Balaban J connectivity index is 1.58. The normalized spacial score (nSPS) is 15.5. The van der Waals surface area contributed by atoms with E-state index in [1.54, 1.807) is 0 Å². The van der Waals surface area contributed by atoms with Crippen LogP contribution in [0, 0.1) is 17.6 Å². The molecule has 1 aliphatic heterocycles. The van der Waals surface area contributed by atoms with Crippen LogP contribution in [0.1, 0.15) is 26.2 Å². The summed E-state index contributed by atoms with van der Waals surface area (Å²) in [6.07, 6.45) is 3.02. The van der Waals surface area contributed by atoms with Gasteiger partial charge in [0.25, 0.3) is 0 Å². The van der Waals surface area contributed by atoms with Crippen LogP contribution >= 0.6 is 0 Å². The van der Waals surface area contributed by atoms with Gasteiger partial charge >= 0.3 is 0 Å². The Morgan fingerprint density at radius 1 is 1.18 bits per heavy atom. The summed E-state index contributed by atoms with van der Waals surface area (Å²) in [6.45, 7) is 7.38. The van der Waals surface area contributed by atoms with Crippen LogP contribution in [0.2, 0.25) is 0 Å². The molecule has 2 rings (SSSR count). The highest BCUT2D eigenvalue weighted by atomic mass is 19.2. The second kappa shape index (κ2) is 13.3. The number of hydrogen-bond acceptors (Lipinski definition) is 4. The molecule has 0 aromatic heterocycles. The van der Waals surface area contributed by atoms with E-state index in [0.717, 1.165) is 57.8 Å². The lowest BCUT2D eigenvalue weighted by Crippen LogP contribution is -2.39. The van der Waals surface area contributed by atoms with Gasteiger partial charge in [-0.05, 0) is 44.2 Å². The van der Waals surface area contributed by atoms with Crippen molar-refractivity contribution < 1.29 is 23.0 Å². The van der Waals surface area contributed by atoms with Gasteiger partial charge in [0.15, 0.2) is 17.6 Å². The Labute approximate surface area is 165 Å². The Morgan fingerprint density at radius 3 is 2.75 bits per heavy atom. The van der Waals surface area contributed by atoms with Crippen LogP contribution in [0.15, 0.2) is 23.2 Å². The van der Waals surface area contributed by atoms with E-state index in [4.69, 9.17) is 14.2 Å². The number of hydrogen-bond donors (Lipinski definition) is 2. The number of aliphatic imine (C=N–C) groups is 1. The molecule has 0 atom stereocenters. The molecule has 8 heteroatoms. The minimum absolute atomic E-state index is 0.296. The Morgan fingerprint density at radius 2 is 2.00 bits per heavy atom. The average molecular weight is 399 g/mol. The summed E-state index contributed by atoms with van der Waals surface area (Å²) in [5.74, 6) is -0.195. The molecule has 1 aromatic rings. The summed E-state index contributed by atoms with van der Waals surface area (Å²) < 4.78 is 42.5. The predicted octanol–water partition coefficient (Wildman–Crippen LogP) is 2.73. The van der Waals surface area contributed by atoms with Crippen molar-refractivity contribution in [2.75, 3.05) is 52.7 Å². The van der Waals surface area contributed by atoms with Crippen molar-refractivity contribution >= 4 is 5.96 Å². The van der Waals surface area contributed by atoms with Gasteiger partial charge in [-0.25, -0.2) is 8.78 Å². The maximum Gasteiger partial charge on any atom is 0.191 e. The maximum absolute atomic E-state index is 13.1. The number of nitrogens with one attached hydrogen (secondary N) is 2. The van der Waals surface area contributed by atoms with Crippen LogP contribution in [0.25, 0.3) is 0 Å². The number of rotatable bonds is 11. The monoisotopic (exact) mass is 399 g/mol. The second-order valence-corrected chi connectivity index (χ2v) is 6.60. The SMILES string of the molecule is CCNC(=NCCCOCC1CCOCC1)NCCOc1ccc(F)c(F)c1. The van der Waals surface area contributed by atoms with Crippen molar-refractivity contribution in [3.8, 4) is 5.75 Å². The summed E-state index contributed by atoms with van der Waals surface area (Å²) in [5.41, 5.74) is 0. The summed E-state index contributed by atoms with van der Waals surface area (Å²) >= 11 is 0. The van der Waals surface area contributed by atoms with Gasteiger partial charge in [0.2, 0.25) is 0 Å². The summed E-state index contributed by atoms with van der Waals surface area (Å²) in [4.78, 5) is 4.50. The van der Waals surface area contributed by atoms with Gasteiger partial charge in [-0.3, -0.25) is 4.99 Å². The number of ether oxygens (including phenoxy) is 3. The Kier molecular flexibility index (Phi) is 10.6. The van der Waals surface area contributed by atoms with E-state index < -0.39 is 11.6 Å². The highest BCUT2D eigenvalue weighted by molar-refractivity contribution is 5.79. The van der Waals surface area contributed by atoms with E-state index in [-0.39, 0.29) is 0 Å². The van der Waals surface area contributed by atoms with E-state index in [1.165, 1.54) is 6.07 Å². The minimum Gasteiger partial charge on any atom is -0.492 e. The van der Waals surface area contributed by atoms with Gasteiger partial charge in [0, 0.05) is 45.6 Å². The van der Waals surface area contributed by atoms with Gasteiger partial charge < -0.3 is 24.8 Å². The highest BCUT2D eigenvalue weighted by Gasteiger charge is 2.13. The van der Waals surface area contributed by atoms with Crippen LogP contribution in [0.4, 0.5) is 8.78 Å². The molecule has 1 fully saturated rings. The molecule has 1 aromatic carbocycles. The quantitative estimate of drug-likeness (QED) is 0.340. The molecule has 158 valence electrons. The van der Waals surface area contributed by atoms with E-state index in [0.29, 0.717) is 43.9 Å². The molecule has 1 saturated heterocycles. The smallest absolute Gasteiger partial charge is 0.191 e. The van der Waals surface area contributed by atoms with Crippen molar-refractivity contribution in [1.82, 2.24) is 10.6 Å². The lowest BCUT2D eigenvalue weighted by Gasteiger charge is -2.21. The number of nitrogens with zero attached hydrogens (tertiary/aromatic N) is 1. The summed E-state index contributed by atoms with van der Waals surface area (Å²) in [7, 11) is 0. The topological polar surface area (TPSA) is 64.1 Å². The molecule has 0 amide bonds. The van der Waals surface area contributed by atoms with Gasteiger partial charge in [-0.15, -0.1) is 0 Å². The molecular formula is C20H31F2N3O3. The third-order valence-corrected chi connectivity index (χ3v) is 4.31. The number of guanidine groups is 1. The minimum atomic E-state index is -0.917. The first-order chi connectivity index (χ1) is 13.7. The molecule has 0 radical (unpaired) electrons. The van der Waals surface area contributed by atoms with Gasteiger partial charge in [-0.1, -0.05) is 0 Å². The van der Waals surface area contributed by atoms with Crippen LogP contribution < -0.4 is 15.4 Å². The third kappa shape index (κ3) is 8.84. The fourth-order valence-electron chi connectivity index (χ4n) is 2.77. The van der Waals surface area contributed by atoms with E-state index in [2.05, 4.69) is 15.6 Å². The van der Waals surface area contributed by atoms with Crippen molar-refractivity contribution in [2.24, 2.45) is 10.9 Å². The van der Waals surface area contributed by atoms with Gasteiger partial charge in [0.05, 0.1) is 6.54 Å². The van der Waals surface area contributed by atoms with E-state index in [9.17, 15) is 8.78 Å². The standard InChI is InChI=1S/C20H31F2N3O3/c1-2-23-20(24-8-3-10-27-15-16-6-11-26-12-7-16)25-9-13-28-17-4-5-18(21)19(22)14-17/h4-5,14,16H,2-3,6-13,15H2,1H3,(H2,23,24,25). The highest BCUT2D eigenvalue weighted by Crippen LogP contribution is 2.15. The lowest BCUT2D eigenvalue weighted by atomic mass is 10.0. The summed E-state index contributed by atoms with van der Waals surface area (Å²) in [6, 6.07) is 3.49. The van der Waals surface area contributed by atoms with Gasteiger partial charge in [-0.2, -0.15) is 0 Å². The molecular weight excluding hydrogens is 368 g/mol. The molecule has 0 spiro atoms. The number of halogens is 2. The molecule has 0 bridgehead atoms. The fourth-order valence-corrected chi connectivity index (χ4v) is 2.77. The van der Waals surface area contributed by atoms with Crippen molar-refractivity contribution in [1.29, 1.82) is 0 Å². The largest absolute Gasteiger partial charge is 0.492 e. The first kappa shape index (κ1) is 22.4.